The molecular formula is C38H42N8O4. The van der Waals surface area contributed by atoms with Gasteiger partial charge in [-0.25, -0.2) is 9.36 Å². The normalized spacial score (nSPS) is 18.7. The van der Waals surface area contributed by atoms with Crippen molar-refractivity contribution in [1.82, 2.24) is 24.3 Å². The summed E-state index contributed by atoms with van der Waals surface area (Å²) in [5, 5.41) is 33.1. The summed E-state index contributed by atoms with van der Waals surface area (Å²) in [6.07, 6.45) is 8.46. The number of hydrogen-bond donors (Lipinski definition) is 3. The standard InChI is InChI=1S/C38H42N8O4/c1-38(2,50)32-22-33-26(20-34(32)41-37(49)35-14-13-31-21-27(39-3)23-40-46(31)35)24-45(42-33)30-11-9-29(10-12-30)44-18-16-43(17-19-44)28-7-4-25(5-8-28)6-15-36(47)48/h4-5,7-8,13-14,20-24,29-30,50H,6,9-12,15-19H2,1-2H3,(H,41,49)(H,47,48). The second-order valence-corrected chi connectivity index (χ2v) is 14.0. The Bertz CT molecular complexity index is 2070. The largest absolute Gasteiger partial charge is 0.481 e. The average molecular weight is 675 g/mol. The Labute approximate surface area is 290 Å². The summed E-state index contributed by atoms with van der Waals surface area (Å²) in [6.45, 7) is 14.6. The molecule has 0 unspecified atom stereocenters. The third-order valence-corrected chi connectivity index (χ3v) is 10.2. The molecule has 50 heavy (non-hydrogen) atoms. The van der Waals surface area contributed by atoms with Crippen LogP contribution in [0.3, 0.4) is 0 Å². The number of piperazine rings is 1. The summed E-state index contributed by atoms with van der Waals surface area (Å²) in [5.41, 5.74) is 4.27. The average Bonchev–Trinajstić information content (AvgIpc) is 3.74. The highest BCUT2D eigenvalue weighted by Gasteiger charge is 2.30. The maximum Gasteiger partial charge on any atom is 0.303 e. The van der Waals surface area contributed by atoms with Gasteiger partial charge in [0, 0.05) is 67.2 Å². The van der Waals surface area contributed by atoms with Gasteiger partial charge >= 0.3 is 5.97 Å². The molecule has 12 heteroatoms. The van der Waals surface area contributed by atoms with E-state index >= 15 is 0 Å². The fraction of sp³-hybridized carbons (Fsp3) is 0.395. The second kappa shape index (κ2) is 13.6. The van der Waals surface area contributed by atoms with Crippen LogP contribution in [0.1, 0.15) is 73.6 Å². The van der Waals surface area contributed by atoms with E-state index in [1.807, 2.05) is 24.3 Å². The van der Waals surface area contributed by atoms with Gasteiger partial charge in [0.1, 0.15) is 5.69 Å². The van der Waals surface area contributed by atoms with Crippen LogP contribution in [0.5, 0.6) is 0 Å². The lowest BCUT2D eigenvalue weighted by molar-refractivity contribution is -0.136. The first-order chi connectivity index (χ1) is 24.1. The van der Waals surface area contributed by atoms with E-state index in [0.29, 0.717) is 40.6 Å². The van der Waals surface area contributed by atoms with Crippen molar-refractivity contribution in [2.24, 2.45) is 0 Å². The van der Waals surface area contributed by atoms with Crippen LogP contribution in [0.25, 0.3) is 21.3 Å². The Kier molecular flexibility index (Phi) is 9.03. The van der Waals surface area contributed by atoms with E-state index in [2.05, 4.69) is 48.1 Å². The summed E-state index contributed by atoms with van der Waals surface area (Å²) in [5.74, 6) is -1.13. The lowest BCUT2D eigenvalue weighted by Gasteiger charge is -2.42. The molecular weight excluding hydrogens is 632 g/mol. The maximum absolute atomic E-state index is 13.5. The number of anilines is 2. The highest BCUT2D eigenvalue weighted by Crippen LogP contribution is 2.36. The van der Waals surface area contributed by atoms with Gasteiger partial charge in [-0.3, -0.25) is 19.2 Å². The molecule has 2 fully saturated rings. The Balaban J connectivity index is 0.989. The number of carbonyl (C=O) groups is 2. The van der Waals surface area contributed by atoms with E-state index in [9.17, 15) is 14.7 Å². The van der Waals surface area contributed by atoms with Crippen molar-refractivity contribution in [2.45, 2.75) is 70.1 Å². The van der Waals surface area contributed by atoms with Gasteiger partial charge in [0.15, 0.2) is 0 Å². The van der Waals surface area contributed by atoms with Crippen LogP contribution in [-0.4, -0.2) is 78.6 Å². The number of aliphatic carboxylic acids is 1. The van der Waals surface area contributed by atoms with Gasteiger partial charge in [0.25, 0.3) is 5.91 Å². The van der Waals surface area contributed by atoms with Crippen molar-refractivity contribution < 1.29 is 19.8 Å². The van der Waals surface area contributed by atoms with Gasteiger partial charge in [-0.05, 0) is 94.0 Å². The molecule has 1 aliphatic carbocycles. The quantitative estimate of drug-likeness (QED) is 0.161. The van der Waals surface area contributed by atoms with Gasteiger partial charge in [0.05, 0.1) is 35.4 Å². The van der Waals surface area contributed by atoms with Crippen molar-refractivity contribution in [3.8, 4) is 0 Å². The molecule has 1 aliphatic heterocycles. The summed E-state index contributed by atoms with van der Waals surface area (Å²) in [4.78, 5) is 32.8. The van der Waals surface area contributed by atoms with Gasteiger partial charge in [-0.2, -0.15) is 10.2 Å². The van der Waals surface area contributed by atoms with Gasteiger partial charge in [-0.15, -0.1) is 0 Å². The Hall–Kier alpha value is -5.25. The number of aromatic nitrogens is 4. The number of hydrogen-bond acceptors (Lipinski definition) is 7. The molecule has 0 bridgehead atoms. The molecule has 4 heterocycles. The zero-order valence-corrected chi connectivity index (χ0v) is 28.4. The summed E-state index contributed by atoms with van der Waals surface area (Å²) >= 11 is 0. The van der Waals surface area contributed by atoms with Crippen LogP contribution in [0.15, 0.2) is 67.0 Å². The van der Waals surface area contributed by atoms with Crippen LogP contribution in [-0.2, 0) is 16.8 Å². The molecule has 2 aliphatic rings. The van der Waals surface area contributed by atoms with Crippen LogP contribution < -0.4 is 10.2 Å². The molecule has 3 N–H and O–H groups in total. The lowest BCUT2D eigenvalue weighted by Crippen LogP contribution is -2.51. The van der Waals surface area contributed by atoms with Crippen LogP contribution in [0, 0.1) is 6.57 Å². The first-order valence-corrected chi connectivity index (χ1v) is 17.3. The fourth-order valence-corrected chi connectivity index (χ4v) is 7.45. The van der Waals surface area contributed by atoms with E-state index in [0.717, 1.165) is 68.3 Å². The molecule has 12 nitrogen and oxygen atoms in total. The molecule has 7 rings (SSSR count). The first kappa shape index (κ1) is 33.3. The van der Waals surface area contributed by atoms with Crippen LogP contribution in [0.4, 0.5) is 17.1 Å². The fourth-order valence-electron chi connectivity index (χ4n) is 7.45. The number of aryl methyl sites for hydroxylation is 1. The van der Waals surface area contributed by atoms with E-state index in [4.69, 9.17) is 16.8 Å². The van der Waals surface area contributed by atoms with Gasteiger partial charge < -0.3 is 20.4 Å². The zero-order chi connectivity index (χ0) is 35.0. The van der Waals surface area contributed by atoms with Gasteiger partial charge in [0.2, 0.25) is 5.69 Å². The molecule has 0 spiro atoms. The Morgan fingerprint density at radius 1 is 0.980 bits per heavy atom. The topological polar surface area (TPSA) is 133 Å². The van der Waals surface area contributed by atoms with Crippen molar-refractivity contribution >= 4 is 45.4 Å². The molecule has 1 amide bonds. The smallest absolute Gasteiger partial charge is 0.303 e. The highest BCUT2D eigenvalue weighted by atomic mass is 16.4. The number of amides is 1. The third-order valence-electron chi connectivity index (χ3n) is 10.2. The summed E-state index contributed by atoms with van der Waals surface area (Å²) in [6, 6.07) is 18.0. The summed E-state index contributed by atoms with van der Waals surface area (Å²) in [7, 11) is 0. The van der Waals surface area contributed by atoms with E-state index in [1.54, 1.807) is 32.0 Å². The number of aliphatic hydroxyl groups is 1. The number of carboxylic acids is 1. The number of nitrogens with one attached hydrogen (secondary N) is 1. The second-order valence-electron chi connectivity index (χ2n) is 14.0. The van der Waals surface area contributed by atoms with Crippen molar-refractivity contribution in [1.29, 1.82) is 0 Å². The van der Waals surface area contributed by atoms with Crippen molar-refractivity contribution in [2.75, 3.05) is 36.4 Å². The van der Waals surface area contributed by atoms with Gasteiger partial charge in [-0.1, -0.05) is 12.1 Å². The number of nitrogens with zero attached hydrogens (tertiary/aromatic N) is 7. The SMILES string of the molecule is [C-]#[N+]c1cnn2c(C(=O)Nc3cc4cn(C5CCC(N6CCN(c7ccc(CCC(=O)O)cc7)CC6)CC5)nc4cc3C(C)(C)O)ccc2c1. The van der Waals surface area contributed by atoms with Crippen molar-refractivity contribution in [3.05, 3.63) is 95.2 Å². The summed E-state index contributed by atoms with van der Waals surface area (Å²) < 4.78 is 3.57. The monoisotopic (exact) mass is 674 g/mol. The highest BCUT2D eigenvalue weighted by molar-refractivity contribution is 6.05. The first-order valence-electron chi connectivity index (χ1n) is 17.3. The minimum absolute atomic E-state index is 0.153. The molecule has 258 valence electrons. The maximum atomic E-state index is 13.5. The minimum Gasteiger partial charge on any atom is -0.481 e. The predicted molar refractivity (Wildman–Crippen MR) is 192 cm³/mol. The Morgan fingerprint density at radius 2 is 1.70 bits per heavy atom. The number of rotatable bonds is 9. The van der Waals surface area contributed by atoms with E-state index in [1.165, 1.54) is 16.4 Å². The molecule has 2 aromatic carbocycles. The predicted octanol–water partition coefficient (Wildman–Crippen LogP) is 6.04. The van der Waals surface area contributed by atoms with E-state index < -0.39 is 11.6 Å². The number of carboxylic acid groups (broad SMARTS) is 1. The molecule has 1 saturated heterocycles. The molecule has 0 radical (unpaired) electrons. The lowest BCUT2D eigenvalue weighted by atomic mass is 9.90. The number of carbonyl (C=O) groups excluding carboxylic acids is 1. The van der Waals surface area contributed by atoms with Crippen molar-refractivity contribution in [3.63, 3.8) is 0 Å². The molecule has 5 aromatic rings. The minimum atomic E-state index is -1.22. The van der Waals surface area contributed by atoms with Crippen LogP contribution >= 0.6 is 0 Å². The number of fused-ring (bicyclic) bond motifs is 2. The zero-order valence-electron chi connectivity index (χ0n) is 28.4. The molecule has 0 atom stereocenters. The third kappa shape index (κ3) is 6.92. The molecule has 3 aromatic heterocycles. The van der Waals surface area contributed by atoms with Crippen LogP contribution in [0.2, 0.25) is 0 Å². The molecule has 1 saturated carbocycles. The number of benzene rings is 2. The van der Waals surface area contributed by atoms with E-state index in [-0.39, 0.29) is 18.4 Å². The Morgan fingerprint density at radius 3 is 2.38 bits per heavy atom.